The summed E-state index contributed by atoms with van der Waals surface area (Å²) in [5.74, 6) is -1.44. The number of nitrogens with zero attached hydrogens (tertiary/aromatic N) is 2. The van der Waals surface area contributed by atoms with Crippen LogP contribution in [-0.2, 0) is 26.2 Å². The molecule has 2 aromatic rings. The number of anilines is 1. The van der Waals surface area contributed by atoms with Gasteiger partial charge in [-0.15, -0.1) is 0 Å². The first-order valence-corrected chi connectivity index (χ1v) is 11.7. The number of hydrogen-bond acceptors (Lipinski definition) is 4. The van der Waals surface area contributed by atoms with E-state index in [1.807, 2.05) is 0 Å². The Kier molecular flexibility index (Phi) is 8.02. The fraction of sp³-hybridized carbons (Fsp3) is 0.333. The zero-order valence-electron chi connectivity index (χ0n) is 17.7. The molecule has 2 amide bonds. The molecule has 0 aromatic heterocycles. The van der Waals surface area contributed by atoms with E-state index in [1.165, 1.54) is 49.2 Å². The van der Waals surface area contributed by atoms with Crippen LogP contribution in [-0.4, -0.2) is 51.0 Å². The fourth-order valence-corrected chi connectivity index (χ4v) is 3.94. The maximum atomic E-state index is 13.2. The number of carbonyl (C=O) groups is 2. The molecule has 1 atom stereocenters. The molecule has 0 spiro atoms. The largest absolute Gasteiger partial charge is 0.357 e. The second-order valence-corrected chi connectivity index (χ2v) is 9.46. The molecule has 0 saturated carbocycles. The van der Waals surface area contributed by atoms with Crippen LogP contribution in [0.15, 0.2) is 42.5 Å². The maximum Gasteiger partial charge on any atom is 0.244 e. The van der Waals surface area contributed by atoms with Gasteiger partial charge in [-0.1, -0.05) is 29.8 Å². The summed E-state index contributed by atoms with van der Waals surface area (Å²) in [7, 11) is -2.39. The van der Waals surface area contributed by atoms with Crippen LogP contribution < -0.4 is 9.62 Å². The molecule has 168 valence electrons. The van der Waals surface area contributed by atoms with Crippen molar-refractivity contribution in [3.8, 4) is 0 Å². The van der Waals surface area contributed by atoms with E-state index in [-0.39, 0.29) is 12.2 Å². The van der Waals surface area contributed by atoms with Gasteiger partial charge >= 0.3 is 0 Å². The van der Waals surface area contributed by atoms with Crippen molar-refractivity contribution in [1.29, 1.82) is 0 Å². The summed E-state index contributed by atoms with van der Waals surface area (Å²) in [4.78, 5) is 26.7. The molecular weight excluding hydrogens is 445 g/mol. The van der Waals surface area contributed by atoms with Gasteiger partial charge in [0.1, 0.15) is 18.4 Å². The quantitative estimate of drug-likeness (QED) is 0.644. The normalized spacial score (nSPS) is 12.2. The van der Waals surface area contributed by atoms with E-state index < -0.39 is 40.2 Å². The average molecular weight is 470 g/mol. The number of carbonyl (C=O) groups excluding carboxylic acids is 2. The second-order valence-electron chi connectivity index (χ2n) is 7.14. The monoisotopic (exact) mass is 469 g/mol. The van der Waals surface area contributed by atoms with E-state index in [0.717, 1.165) is 16.1 Å². The molecule has 2 rings (SSSR count). The Hall–Kier alpha value is -2.65. The first kappa shape index (κ1) is 24.6. The lowest BCUT2D eigenvalue weighted by Crippen LogP contribution is -2.50. The third kappa shape index (κ3) is 6.41. The minimum atomic E-state index is -3.83. The predicted molar refractivity (Wildman–Crippen MR) is 119 cm³/mol. The van der Waals surface area contributed by atoms with Crippen molar-refractivity contribution in [2.45, 2.75) is 26.4 Å². The van der Waals surface area contributed by atoms with Gasteiger partial charge in [0.15, 0.2) is 0 Å². The van der Waals surface area contributed by atoms with Crippen LogP contribution in [0.25, 0.3) is 0 Å². The van der Waals surface area contributed by atoms with Crippen LogP contribution in [0.5, 0.6) is 0 Å². The topological polar surface area (TPSA) is 86.8 Å². The van der Waals surface area contributed by atoms with Crippen LogP contribution in [0.4, 0.5) is 10.1 Å². The van der Waals surface area contributed by atoms with E-state index in [0.29, 0.717) is 10.6 Å². The number of rotatable bonds is 8. The summed E-state index contributed by atoms with van der Waals surface area (Å²) in [6.07, 6.45) is 0.987. The highest BCUT2D eigenvalue weighted by atomic mass is 35.5. The number of sulfonamides is 1. The van der Waals surface area contributed by atoms with E-state index in [9.17, 15) is 22.4 Å². The van der Waals surface area contributed by atoms with Crippen molar-refractivity contribution in [2.75, 3.05) is 24.2 Å². The highest BCUT2D eigenvalue weighted by molar-refractivity contribution is 7.92. The fourth-order valence-electron chi connectivity index (χ4n) is 2.93. The molecule has 0 unspecified atom stereocenters. The smallest absolute Gasteiger partial charge is 0.244 e. The summed E-state index contributed by atoms with van der Waals surface area (Å²) < 4.78 is 39.1. The number of amides is 2. The van der Waals surface area contributed by atoms with Crippen molar-refractivity contribution in [3.63, 3.8) is 0 Å². The third-order valence-corrected chi connectivity index (χ3v) is 6.35. The van der Waals surface area contributed by atoms with E-state index in [4.69, 9.17) is 11.6 Å². The predicted octanol–water partition coefficient (Wildman–Crippen LogP) is 2.72. The number of likely N-dealkylation sites (N-methyl/N-ethyl adjacent to an activating group) is 1. The lowest BCUT2D eigenvalue weighted by Gasteiger charge is -2.31. The van der Waals surface area contributed by atoms with Gasteiger partial charge in [0, 0.05) is 18.6 Å². The van der Waals surface area contributed by atoms with Crippen molar-refractivity contribution < 1.29 is 22.4 Å². The lowest BCUT2D eigenvalue weighted by molar-refractivity contribution is -0.139. The molecule has 0 fully saturated rings. The zero-order chi connectivity index (χ0) is 23.3. The Balaban J connectivity index is 2.39. The molecule has 0 bridgehead atoms. The SMILES string of the molecule is CNC(=O)[C@H](C)N(Cc1ccc(F)cc1)C(=O)CN(c1ccc(C)c(Cl)c1)S(C)(=O)=O. The number of aryl methyl sites for hydroxylation is 1. The Labute approximate surface area is 186 Å². The first-order valence-electron chi connectivity index (χ1n) is 9.43. The highest BCUT2D eigenvalue weighted by Gasteiger charge is 2.29. The van der Waals surface area contributed by atoms with E-state index >= 15 is 0 Å². The van der Waals surface area contributed by atoms with Gasteiger partial charge in [-0.3, -0.25) is 13.9 Å². The van der Waals surface area contributed by atoms with Crippen LogP contribution in [0.1, 0.15) is 18.1 Å². The van der Waals surface area contributed by atoms with Crippen molar-refractivity contribution >= 4 is 39.1 Å². The van der Waals surface area contributed by atoms with Gasteiger partial charge in [-0.05, 0) is 49.2 Å². The van der Waals surface area contributed by atoms with Crippen LogP contribution in [0.3, 0.4) is 0 Å². The molecule has 31 heavy (non-hydrogen) atoms. The maximum absolute atomic E-state index is 13.2. The average Bonchev–Trinajstić information content (AvgIpc) is 2.71. The van der Waals surface area contributed by atoms with Crippen molar-refractivity contribution in [1.82, 2.24) is 10.2 Å². The number of halogens is 2. The second kappa shape index (κ2) is 10.1. The molecule has 10 heteroatoms. The Bertz CT molecular complexity index is 1060. The lowest BCUT2D eigenvalue weighted by atomic mass is 10.1. The molecule has 0 heterocycles. The van der Waals surface area contributed by atoms with E-state index in [2.05, 4.69) is 5.32 Å². The van der Waals surface area contributed by atoms with Gasteiger partial charge in [0.25, 0.3) is 0 Å². The Morgan fingerprint density at radius 2 is 1.77 bits per heavy atom. The van der Waals surface area contributed by atoms with Gasteiger partial charge < -0.3 is 10.2 Å². The number of benzene rings is 2. The summed E-state index contributed by atoms with van der Waals surface area (Å²) in [6, 6.07) is 9.30. The van der Waals surface area contributed by atoms with Gasteiger partial charge in [0.2, 0.25) is 21.8 Å². The van der Waals surface area contributed by atoms with Crippen LogP contribution >= 0.6 is 11.6 Å². The Morgan fingerprint density at radius 1 is 1.16 bits per heavy atom. The molecular formula is C21H25ClFN3O4S. The zero-order valence-corrected chi connectivity index (χ0v) is 19.3. The van der Waals surface area contributed by atoms with Crippen molar-refractivity contribution in [2.24, 2.45) is 0 Å². The minimum absolute atomic E-state index is 0.0000437. The molecule has 0 saturated heterocycles. The molecule has 0 aliphatic heterocycles. The summed E-state index contributed by atoms with van der Waals surface area (Å²) in [5, 5.41) is 2.84. The summed E-state index contributed by atoms with van der Waals surface area (Å²) in [5.41, 5.74) is 1.59. The molecule has 1 N–H and O–H groups in total. The molecule has 2 aromatic carbocycles. The molecule has 7 nitrogen and oxygen atoms in total. The number of nitrogens with one attached hydrogen (secondary N) is 1. The molecule has 0 aliphatic rings. The standard InChI is InChI=1S/C21H25ClFN3O4S/c1-14-5-10-18(11-19(14)22)26(31(4,29)30)13-20(27)25(15(2)21(28)24-3)12-16-6-8-17(23)9-7-16/h5-11,15H,12-13H2,1-4H3,(H,24,28)/t15-/m0/s1. The third-order valence-electron chi connectivity index (χ3n) is 4.80. The minimum Gasteiger partial charge on any atom is -0.357 e. The van der Waals surface area contributed by atoms with Crippen LogP contribution in [0, 0.1) is 12.7 Å². The van der Waals surface area contributed by atoms with Gasteiger partial charge in [-0.2, -0.15) is 0 Å². The van der Waals surface area contributed by atoms with Crippen molar-refractivity contribution in [3.05, 3.63) is 64.4 Å². The Morgan fingerprint density at radius 3 is 2.29 bits per heavy atom. The molecule has 0 aliphatic carbocycles. The summed E-state index contributed by atoms with van der Waals surface area (Å²) >= 11 is 6.14. The van der Waals surface area contributed by atoms with E-state index in [1.54, 1.807) is 19.1 Å². The molecule has 0 radical (unpaired) electrons. The van der Waals surface area contributed by atoms with Gasteiger partial charge in [-0.25, -0.2) is 12.8 Å². The number of hydrogen-bond donors (Lipinski definition) is 1. The highest BCUT2D eigenvalue weighted by Crippen LogP contribution is 2.25. The van der Waals surface area contributed by atoms with Gasteiger partial charge in [0.05, 0.1) is 11.9 Å². The van der Waals surface area contributed by atoms with Crippen LogP contribution in [0.2, 0.25) is 5.02 Å². The first-order chi connectivity index (χ1) is 14.4. The summed E-state index contributed by atoms with van der Waals surface area (Å²) in [6.45, 7) is 2.78.